The van der Waals surface area contributed by atoms with E-state index < -0.39 is 9.84 Å². The zero-order valence-corrected chi connectivity index (χ0v) is 14.2. The monoisotopic (exact) mass is 312 g/mol. The lowest BCUT2D eigenvalue weighted by molar-refractivity contribution is 0.0747. The van der Waals surface area contributed by atoms with Crippen molar-refractivity contribution < 1.29 is 13.2 Å². The molecule has 1 unspecified atom stereocenters. The van der Waals surface area contributed by atoms with E-state index in [2.05, 4.69) is 18.4 Å². The molecule has 6 heteroatoms. The molecule has 1 aromatic heterocycles. The zero-order chi connectivity index (χ0) is 15.9. The molecule has 0 aromatic carbocycles. The summed E-state index contributed by atoms with van der Waals surface area (Å²) in [6.07, 6.45) is 0.535. The van der Waals surface area contributed by atoms with Gasteiger partial charge in [0.15, 0.2) is 9.84 Å². The average molecular weight is 312 g/mol. The van der Waals surface area contributed by atoms with Gasteiger partial charge in [-0.3, -0.25) is 4.79 Å². The summed E-state index contributed by atoms with van der Waals surface area (Å²) < 4.78 is 25.3. The minimum absolute atomic E-state index is 0.0815. The van der Waals surface area contributed by atoms with Gasteiger partial charge >= 0.3 is 0 Å². The standard InChI is InChI=1S/C15H24N2O3S/c1-10(2)17-11(3)8-14(12(17)4)15(18)16(5)13-6-7-21(19,20)9-13/h8,10,13H,6-7,9H2,1-5H3. The van der Waals surface area contributed by atoms with Gasteiger partial charge in [0.1, 0.15) is 0 Å². The normalized spacial score (nSPS) is 21.0. The van der Waals surface area contributed by atoms with Crippen LogP contribution in [-0.2, 0) is 9.84 Å². The molecule has 5 nitrogen and oxygen atoms in total. The molecule has 2 rings (SSSR count). The Morgan fingerprint density at radius 2 is 2.00 bits per heavy atom. The molecule has 21 heavy (non-hydrogen) atoms. The fraction of sp³-hybridized carbons (Fsp3) is 0.667. The molecule has 0 N–H and O–H groups in total. The van der Waals surface area contributed by atoms with E-state index in [4.69, 9.17) is 0 Å². The van der Waals surface area contributed by atoms with Crippen molar-refractivity contribution in [2.45, 2.75) is 46.2 Å². The molecule has 118 valence electrons. The van der Waals surface area contributed by atoms with Crippen LogP contribution in [0.25, 0.3) is 0 Å². The lowest BCUT2D eigenvalue weighted by Gasteiger charge is -2.23. The first-order valence-corrected chi connectivity index (χ1v) is 9.12. The maximum Gasteiger partial charge on any atom is 0.255 e. The van der Waals surface area contributed by atoms with E-state index in [0.717, 1.165) is 11.4 Å². The Morgan fingerprint density at radius 3 is 2.43 bits per heavy atom. The van der Waals surface area contributed by atoms with Crippen LogP contribution in [-0.4, -0.2) is 48.4 Å². The summed E-state index contributed by atoms with van der Waals surface area (Å²) in [5.74, 6) is 0.176. The van der Waals surface area contributed by atoms with E-state index in [1.54, 1.807) is 11.9 Å². The summed E-state index contributed by atoms with van der Waals surface area (Å²) >= 11 is 0. The van der Waals surface area contributed by atoms with E-state index in [-0.39, 0.29) is 23.5 Å². The molecule has 0 aliphatic carbocycles. The van der Waals surface area contributed by atoms with Gasteiger partial charge in [-0.15, -0.1) is 0 Å². The molecule has 1 amide bonds. The fourth-order valence-corrected chi connectivity index (χ4v) is 5.00. The maximum atomic E-state index is 12.7. The van der Waals surface area contributed by atoms with Crippen molar-refractivity contribution in [3.05, 3.63) is 23.0 Å². The maximum absolute atomic E-state index is 12.7. The predicted octanol–water partition coefficient (Wildman–Crippen LogP) is 1.94. The number of nitrogens with zero attached hydrogens (tertiary/aromatic N) is 2. The third-order valence-corrected chi connectivity index (χ3v) is 6.06. The molecular formula is C15H24N2O3S. The van der Waals surface area contributed by atoms with Crippen LogP contribution in [0, 0.1) is 13.8 Å². The van der Waals surface area contributed by atoms with Gasteiger partial charge in [-0.05, 0) is 40.2 Å². The SMILES string of the molecule is Cc1cc(C(=O)N(C)C2CCS(=O)(=O)C2)c(C)n1C(C)C. The van der Waals surface area contributed by atoms with Crippen LogP contribution in [0.15, 0.2) is 6.07 Å². The largest absolute Gasteiger partial charge is 0.346 e. The molecule has 0 radical (unpaired) electrons. The number of carbonyl (C=O) groups is 1. The van der Waals surface area contributed by atoms with Crippen molar-refractivity contribution >= 4 is 15.7 Å². The number of aromatic nitrogens is 1. The van der Waals surface area contributed by atoms with Gasteiger partial charge in [-0.25, -0.2) is 8.42 Å². The van der Waals surface area contributed by atoms with Gasteiger partial charge in [0.2, 0.25) is 0 Å². The third kappa shape index (κ3) is 3.00. The Morgan fingerprint density at radius 1 is 1.38 bits per heavy atom. The fourth-order valence-electron chi connectivity index (χ4n) is 3.22. The van der Waals surface area contributed by atoms with Crippen molar-refractivity contribution in [1.29, 1.82) is 0 Å². The Labute approximate surface area is 126 Å². The van der Waals surface area contributed by atoms with Crippen LogP contribution < -0.4 is 0 Å². The summed E-state index contributed by atoms with van der Waals surface area (Å²) in [4.78, 5) is 14.3. The highest BCUT2D eigenvalue weighted by Gasteiger charge is 2.34. The number of hydrogen-bond acceptors (Lipinski definition) is 3. The Hall–Kier alpha value is -1.30. The molecule has 1 aliphatic heterocycles. The summed E-state index contributed by atoms with van der Waals surface area (Å²) in [6.45, 7) is 8.10. The molecule has 0 spiro atoms. The van der Waals surface area contributed by atoms with Crippen LogP contribution in [0.4, 0.5) is 0 Å². The quantitative estimate of drug-likeness (QED) is 0.857. The smallest absolute Gasteiger partial charge is 0.255 e. The predicted molar refractivity (Wildman–Crippen MR) is 83.4 cm³/mol. The lowest BCUT2D eigenvalue weighted by Crippen LogP contribution is -2.38. The molecule has 1 aliphatic rings. The third-order valence-electron chi connectivity index (χ3n) is 4.31. The van der Waals surface area contributed by atoms with E-state index >= 15 is 0 Å². The minimum Gasteiger partial charge on any atom is -0.346 e. The Bertz CT molecular complexity index is 659. The molecular weight excluding hydrogens is 288 g/mol. The molecule has 1 fully saturated rings. The van der Waals surface area contributed by atoms with Gasteiger partial charge in [-0.1, -0.05) is 0 Å². The molecule has 1 saturated heterocycles. The minimum atomic E-state index is -2.98. The van der Waals surface area contributed by atoms with E-state index in [1.165, 1.54) is 0 Å². The number of amides is 1. The topological polar surface area (TPSA) is 59.4 Å². The van der Waals surface area contributed by atoms with Crippen molar-refractivity contribution in [2.24, 2.45) is 0 Å². The van der Waals surface area contributed by atoms with E-state index in [0.29, 0.717) is 18.0 Å². The Balaban J connectivity index is 2.27. The number of rotatable bonds is 3. The van der Waals surface area contributed by atoms with Crippen LogP contribution in [0.1, 0.15) is 48.1 Å². The van der Waals surface area contributed by atoms with Crippen LogP contribution in [0.2, 0.25) is 0 Å². The number of aryl methyl sites for hydroxylation is 1. The van der Waals surface area contributed by atoms with Crippen LogP contribution in [0.3, 0.4) is 0 Å². The highest BCUT2D eigenvalue weighted by atomic mass is 32.2. The second-order valence-corrected chi connectivity index (χ2v) is 8.45. The van der Waals surface area contributed by atoms with E-state index in [9.17, 15) is 13.2 Å². The summed E-state index contributed by atoms with van der Waals surface area (Å²) in [5, 5.41) is 0. The second-order valence-electron chi connectivity index (χ2n) is 6.22. The summed E-state index contributed by atoms with van der Waals surface area (Å²) in [6, 6.07) is 1.99. The van der Waals surface area contributed by atoms with Crippen molar-refractivity contribution in [3.63, 3.8) is 0 Å². The molecule has 1 aromatic rings. The van der Waals surface area contributed by atoms with Crippen LogP contribution in [0.5, 0.6) is 0 Å². The number of hydrogen-bond donors (Lipinski definition) is 0. The summed E-state index contributed by atoms with van der Waals surface area (Å²) in [5.41, 5.74) is 2.67. The van der Waals surface area contributed by atoms with Gasteiger partial charge in [0, 0.05) is 30.5 Å². The first-order valence-electron chi connectivity index (χ1n) is 7.30. The van der Waals surface area contributed by atoms with E-state index in [1.807, 2.05) is 19.9 Å². The van der Waals surface area contributed by atoms with Crippen molar-refractivity contribution in [1.82, 2.24) is 9.47 Å². The van der Waals surface area contributed by atoms with Gasteiger partial charge in [0.25, 0.3) is 5.91 Å². The molecule has 0 saturated carbocycles. The average Bonchev–Trinajstić information content (AvgIpc) is 2.87. The van der Waals surface area contributed by atoms with Gasteiger partial charge in [0.05, 0.1) is 17.1 Å². The molecule has 1 atom stereocenters. The van der Waals surface area contributed by atoms with Crippen molar-refractivity contribution in [3.8, 4) is 0 Å². The lowest BCUT2D eigenvalue weighted by atomic mass is 10.1. The van der Waals surface area contributed by atoms with Gasteiger partial charge in [-0.2, -0.15) is 0 Å². The highest BCUT2D eigenvalue weighted by molar-refractivity contribution is 7.91. The number of carbonyl (C=O) groups excluding carboxylic acids is 1. The van der Waals surface area contributed by atoms with Gasteiger partial charge < -0.3 is 9.47 Å². The zero-order valence-electron chi connectivity index (χ0n) is 13.4. The molecule has 0 bridgehead atoms. The first-order chi connectivity index (χ1) is 9.64. The summed E-state index contributed by atoms with van der Waals surface area (Å²) in [7, 11) is -1.28. The molecule has 2 heterocycles. The van der Waals surface area contributed by atoms with Crippen molar-refractivity contribution in [2.75, 3.05) is 18.6 Å². The van der Waals surface area contributed by atoms with Crippen LogP contribution >= 0.6 is 0 Å². The second kappa shape index (κ2) is 5.48. The number of sulfone groups is 1. The Kier molecular flexibility index (Phi) is 4.19. The highest BCUT2D eigenvalue weighted by Crippen LogP contribution is 2.24. The first kappa shape index (κ1) is 16.1.